The molecule has 1 aromatic heterocycles. The third kappa shape index (κ3) is 4.82. The number of fused-ring (bicyclic) bond motifs is 1. The molecule has 6 nitrogen and oxygen atoms in total. The number of carbonyl (C=O) groups is 1. The number of benzene rings is 2. The number of rotatable bonds is 8. The van der Waals surface area contributed by atoms with Crippen LogP contribution >= 0.6 is 0 Å². The van der Waals surface area contributed by atoms with Gasteiger partial charge in [0, 0.05) is 6.07 Å². The molecule has 0 bridgehead atoms. The van der Waals surface area contributed by atoms with Gasteiger partial charge >= 0.3 is 5.97 Å². The number of esters is 1. The average molecular weight is 410 g/mol. The number of hydrogen-bond acceptors (Lipinski definition) is 6. The summed E-state index contributed by atoms with van der Waals surface area (Å²) in [6.07, 6.45) is 1.27. The van der Waals surface area contributed by atoms with Crippen molar-refractivity contribution in [2.45, 2.75) is 46.1 Å². The van der Waals surface area contributed by atoms with E-state index >= 15 is 0 Å². The van der Waals surface area contributed by atoms with Crippen LogP contribution in [-0.2, 0) is 9.53 Å². The molecule has 0 amide bonds. The van der Waals surface area contributed by atoms with Gasteiger partial charge in [0.1, 0.15) is 23.3 Å². The minimum absolute atomic E-state index is 0.112. The highest BCUT2D eigenvalue weighted by Crippen LogP contribution is 2.30. The average Bonchev–Trinajstić information content (AvgIpc) is 2.74. The Balaban J connectivity index is 1.83. The number of para-hydroxylation sites is 1. The van der Waals surface area contributed by atoms with Crippen molar-refractivity contribution in [1.29, 1.82) is 0 Å². The van der Waals surface area contributed by atoms with Gasteiger partial charge in [-0.25, -0.2) is 4.79 Å². The molecule has 1 unspecified atom stereocenters. The first-order valence-corrected chi connectivity index (χ1v) is 10.1. The standard InChI is InChI=1S/C24H26O6/c1-5-12-27-24(26)16(4)29-17-10-11-19-21(13-17)28-14-22(23(19)25)30-20-9-7-6-8-18(20)15(2)3/h6-11,13-16H,5,12H2,1-4H3. The minimum atomic E-state index is -0.768. The third-order valence-electron chi connectivity index (χ3n) is 4.57. The second-order valence-electron chi connectivity index (χ2n) is 7.31. The lowest BCUT2D eigenvalue weighted by Gasteiger charge is -2.14. The van der Waals surface area contributed by atoms with Crippen LogP contribution in [0.2, 0.25) is 0 Å². The van der Waals surface area contributed by atoms with Crippen LogP contribution in [0.4, 0.5) is 0 Å². The molecule has 0 spiro atoms. The molecule has 3 rings (SSSR count). The van der Waals surface area contributed by atoms with Gasteiger partial charge in [0.2, 0.25) is 11.2 Å². The largest absolute Gasteiger partial charge is 0.479 e. The van der Waals surface area contributed by atoms with E-state index in [1.165, 1.54) is 6.26 Å². The van der Waals surface area contributed by atoms with Crippen molar-refractivity contribution in [1.82, 2.24) is 0 Å². The first-order chi connectivity index (χ1) is 14.4. The zero-order valence-electron chi connectivity index (χ0n) is 17.6. The molecule has 0 N–H and O–H groups in total. The highest BCUT2D eigenvalue weighted by molar-refractivity contribution is 5.79. The zero-order valence-corrected chi connectivity index (χ0v) is 17.6. The molecule has 0 radical (unpaired) electrons. The molecular formula is C24H26O6. The maximum atomic E-state index is 12.9. The molecule has 0 aliphatic carbocycles. The van der Waals surface area contributed by atoms with E-state index < -0.39 is 12.1 Å². The SMILES string of the molecule is CCCOC(=O)C(C)Oc1ccc2c(=O)c(Oc3ccccc3C(C)C)coc2c1. The van der Waals surface area contributed by atoms with Crippen LogP contribution in [0.3, 0.4) is 0 Å². The number of ether oxygens (including phenoxy) is 3. The summed E-state index contributed by atoms with van der Waals surface area (Å²) in [5, 5.41) is 0.364. The lowest BCUT2D eigenvalue weighted by Crippen LogP contribution is -2.26. The molecule has 0 aliphatic heterocycles. The molecule has 30 heavy (non-hydrogen) atoms. The second kappa shape index (κ2) is 9.48. The van der Waals surface area contributed by atoms with Gasteiger partial charge in [-0.05, 0) is 43.0 Å². The van der Waals surface area contributed by atoms with E-state index in [4.69, 9.17) is 18.6 Å². The summed E-state index contributed by atoms with van der Waals surface area (Å²) in [6, 6.07) is 12.4. The van der Waals surface area contributed by atoms with Crippen LogP contribution in [0.5, 0.6) is 17.2 Å². The van der Waals surface area contributed by atoms with Gasteiger partial charge in [0.05, 0.1) is 12.0 Å². The smallest absolute Gasteiger partial charge is 0.347 e. The summed E-state index contributed by atoms with van der Waals surface area (Å²) >= 11 is 0. The molecule has 3 aromatic rings. The summed E-state index contributed by atoms with van der Waals surface area (Å²) in [7, 11) is 0. The fraction of sp³-hybridized carbons (Fsp3) is 0.333. The Morgan fingerprint density at radius 2 is 1.83 bits per heavy atom. The second-order valence-corrected chi connectivity index (χ2v) is 7.31. The van der Waals surface area contributed by atoms with E-state index in [1.807, 2.05) is 31.2 Å². The van der Waals surface area contributed by atoms with Gasteiger partial charge in [0.15, 0.2) is 6.10 Å². The Bertz CT molecular complexity index is 1080. The first-order valence-electron chi connectivity index (χ1n) is 10.1. The highest BCUT2D eigenvalue weighted by atomic mass is 16.6. The summed E-state index contributed by atoms with van der Waals surface area (Å²) in [5.41, 5.74) is 1.07. The lowest BCUT2D eigenvalue weighted by atomic mass is 10.0. The van der Waals surface area contributed by atoms with Crippen molar-refractivity contribution in [3.05, 3.63) is 64.5 Å². The van der Waals surface area contributed by atoms with Gasteiger partial charge in [-0.15, -0.1) is 0 Å². The van der Waals surface area contributed by atoms with Gasteiger partial charge in [0.25, 0.3) is 0 Å². The summed E-state index contributed by atoms with van der Waals surface area (Å²) < 4.78 is 22.2. The van der Waals surface area contributed by atoms with E-state index in [-0.39, 0.29) is 17.1 Å². The van der Waals surface area contributed by atoms with Gasteiger partial charge in [-0.3, -0.25) is 4.79 Å². The van der Waals surface area contributed by atoms with Crippen molar-refractivity contribution >= 4 is 16.9 Å². The highest BCUT2D eigenvalue weighted by Gasteiger charge is 2.17. The third-order valence-corrected chi connectivity index (χ3v) is 4.57. The molecule has 0 fully saturated rings. The predicted molar refractivity (Wildman–Crippen MR) is 114 cm³/mol. The van der Waals surface area contributed by atoms with Crippen molar-refractivity contribution in [3.63, 3.8) is 0 Å². The van der Waals surface area contributed by atoms with Crippen molar-refractivity contribution < 1.29 is 23.4 Å². The van der Waals surface area contributed by atoms with E-state index in [0.717, 1.165) is 12.0 Å². The van der Waals surface area contributed by atoms with Crippen LogP contribution in [0, 0.1) is 0 Å². The Morgan fingerprint density at radius 3 is 2.57 bits per heavy atom. The molecule has 158 valence electrons. The van der Waals surface area contributed by atoms with Gasteiger partial charge in [-0.2, -0.15) is 0 Å². The summed E-state index contributed by atoms with van der Waals surface area (Å²) in [6.45, 7) is 8.00. The van der Waals surface area contributed by atoms with Crippen molar-refractivity contribution in [2.75, 3.05) is 6.61 Å². The molecule has 0 saturated carbocycles. The van der Waals surface area contributed by atoms with Gasteiger partial charge in [-0.1, -0.05) is 39.0 Å². The maximum Gasteiger partial charge on any atom is 0.347 e. The fourth-order valence-electron chi connectivity index (χ4n) is 2.98. The molecule has 6 heteroatoms. The summed E-state index contributed by atoms with van der Waals surface area (Å²) in [5.74, 6) is 0.954. The molecule has 0 saturated heterocycles. The predicted octanol–water partition coefficient (Wildman–Crippen LogP) is 5.43. The van der Waals surface area contributed by atoms with Crippen LogP contribution in [-0.4, -0.2) is 18.7 Å². The zero-order chi connectivity index (χ0) is 21.7. The monoisotopic (exact) mass is 410 g/mol. The molecule has 1 heterocycles. The quantitative estimate of drug-likeness (QED) is 0.461. The Labute approximate surface area is 175 Å². The van der Waals surface area contributed by atoms with Crippen LogP contribution in [0.1, 0.15) is 45.6 Å². The molecule has 0 aliphatic rings. The van der Waals surface area contributed by atoms with E-state index in [9.17, 15) is 9.59 Å². The Kier molecular flexibility index (Phi) is 6.77. The molecule has 1 atom stereocenters. The lowest BCUT2D eigenvalue weighted by molar-refractivity contribution is -0.151. The van der Waals surface area contributed by atoms with Crippen LogP contribution in [0.15, 0.2) is 57.9 Å². The maximum absolute atomic E-state index is 12.9. The van der Waals surface area contributed by atoms with Crippen molar-refractivity contribution in [2.24, 2.45) is 0 Å². The minimum Gasteiger partial charge on any atom is -0.479 e. The number of carbonyl (C=O) groups excluding carboxylic acids is 1. The van der Waals surface area contributed by atoms with E-state index in [2.05, 4.69) is 13.8 Å². The van der Waals surface area contributed by atoms with Crippen LogP contribution < -0.4 is 14.9 Å². The van der Waals surface area contributed by atoms with Crippen LogP contribution in [0.25, 0.3) is 11.0 Å². The first kappa shape index (κ1) is 21.4. The fourth-order valence-corrected chi connectivity index (χ4v) is 2.98. The Morgan fingerprint density at radius 1 is 1.07 bits per heavy atom. The van der Waals surface area contributed by atoms with E-state index in [1.54, 1.807) is 25.1 Å². The van der Waals surface area contributed by atoms with E-state index in [0.29, 0.717) is 29.1 Å². The Hall–Kier alpha value is -3.28. The van der Waals surface area contributed by atoms with Crippen molar-refractivity contribution in [3.8, 4) is 17.2 Å². The number of hydrogen-bond donors (Lipinski definition) is 0. The molecule has 2 aromatic carbocycles. The summed E-state index contributed by atoms with van der Waals surface area (Å²) in [4.78, 5) is 24.8. The topological polar surface area (TPSA) is 75.0 Å². The van der Waals surface area contributed by atoms with Gasteiger partial charge < -0.3 is 18.6 Å². The molecular weight excluding hydrogens is 384 g/mol. The normalized spacial score (nSPS) is 12.0.